The van der Waals surface area contributed by atoms with E-state index in [-0.39, 0.29) is 16.9 Å². The van der Waals surface area contributed by atoms with E-state index in [2.05, 4.69) is 40.1 Å². The summed E-state index contributed by atoms with van der Waals surface area (Å²) < 4.78 is 23.2. The Kier molecular flexibility index (Phi) is 5.56. The third kappa shape index (κ3) is 4.01. The summed E-state index contributed by atoms with van der Waals surface area (Å²) >= 11 is 6.56. The Bertz CT molecular complexity index is 1840. The number of piperazine rings is 1. The van der Waals surface area contributed by atoms with Crippen molar-refractivity contribution in [3.05, 3.63) is 53.2 Å². The second-order valence-electron chi connectivity index (χ2n) is 9.46. The molecule has 0 radical (unpaired) electrons. The van der Waals surface area contributed by atoms with Gasteiger partial charge in [-0.25, -0.2) is 14.1 Å². The Hall–Kier alpha value is -4.36. The quantitative estimate of drug-likeness (QED) is 0.343. The van der Waals surface area contributed by atoms with E-state index in [1.165, 1.54) is 10.6 Å². The van der Waals surface area contributed by atoms with E-state index < -0.39 is 0 Å². The third-order valence-electron chi connectivity index (χ3n) is 7.11. The number of aryl methyl sites for hydroxylation is 1. The van der Waals surface area contributed by atoms with Gasteiger partial charge in [-0.1, -0.05) is 22.8 Å². The normalized spacial score (nSPS) is 14.8. The molecule has 12 nitrogen and oxygen atoms in total. The van der Waals surface area contributed by atoms with Gasteiger partial charge in [0.15, 0.2) is 22.0 Å². The predicted molar refractivity (Wildman–Crippen MR) is 144 cm³/mol. The number of anilines is 2. The lowest BCUT2D eigenvalue weighted by Gasteiger charge is -2.36. The molecule has 6 heterocycles. The van der Waals surface area contributed by atoms with Gasteiger partial charge in [0.05, 0.1) is 17.9 Å². The molecule has 0 saturated carbocycles. The summed E-state index contributed by atoms with van der Waals surface area (Å²) in [6.45, 7) is 6.03. The van der Waals surface area contributed by atoms with Crippen LogP contribution in [0.1, 0.15) is 5.69 Å². The second-order valence-corrected chi connectivity index (χ2v) is 9.82. The molecule has 0 bridgehead atoms. The van der Waals surface area contributed by atoms with Gasteiger partial charge in [0.25, 0.3) is 0 Å². The summed E-state index contributed by atoms with van der Waals surface area (Å²) in [5.74, 6) is 0.299. The molecule has 0 unspecified atom stereocenters. The minimum absolute atomic E-state index is 0.181. The number of aromatic nitrogens is 8. The molecule has 14 heteroatoms. The van der Waals surface area contributed by atoms with Gasteiger partial charge in [-0.05, 0) is 25.1 Å². The average molecular weight is 548 g/mol. The molecule has 1 aliphatic rings. The van der Waals surface area contributed by atoms with Crippen LogP contribution in [-0.4, -0.2) is 77.1 Å². The van der Waals surface area contributed by atoms with Crippen molar-refractivity contribution in [1.82, 2.24) is 44.4 Å². The second kappa shape index (κ2) is 9.13. The number of rotatable bonds is 5. The smallest absolute Gasteiger partial charge is 0.225 e. The molecule has 0 amide bonds. The first-order chi connectivity index (χ1) is 19.0. The van der Waals surface area contributed by atoms with Gasteiger partial charge in [0.2, 0.25) is 11.8 Å². The van der Waals surface area contributed by atoms with E-state index in [0.29, 0.717) is 65.6 Å². The monoisotopic (exact) mass is 547 g/mol. The molecule has 2 N–H and O–H groups in total. The van der Waals surface area contributed by atoms with Crippen LogP contribution in [0.2, 0.25) is 5.15 Å². The number of hydrogen-bond donors (Lipinski definition) is 1. The molecule has 0 atom stereocenters. The molecule has 39 heavy (non-hydrogen) atoms. The van der Waals surface area contributed by atoms with E-state index >= 15 is 0 Å². The van der Waals surface area contributed by atoms with Gasteiger partial charge in [0, 0.05) is 50.4 Å². The Morgan fingerprint density at radius 1 is 1.05 bits per heavy atom. The first-order valence-corrected chi connectivity index (χ1v) is 12.9. The van der Waals surface area contributed by atoms with Gasteiger partial charge in [-0.15, -0.1) is 5.10 Å². The molecule has 7 rings (SSSR count). The largest absolute Gasteiger partial charge is 0.368 e. The van der Waals surface area contributed by atoms with Crippen LogP contribution in [0, 0.1) is 12.7 Å². The fourth-order valence-corrected chi connectivity index (χ4v) is 5.30. The van der Waals surface area contributed by atoms with Crippen LogP contribution in [0.4, 0.5) is 16.0 Å². The van der Waals surface area contributed by atoms with E-state index in [9.17, 15) is 4.39 Å². The van der Waals surface area contributed by atoms with Gasteiger partial charge >= 0.3 is 0 Å². The molecule has 0 spiro atoms. The van der Waals surface area contributed by atoms with Crippen LogP contribution in [0.25, 0.3) is 39.2 Å². The van der Waals surface area contributed by atoms with Crippen molar-refractivity contribution in [2.75, 3.05) is 43.4 Å². The lowest BCUT2D eigenvalue weighted by molar-refractivity contribution is 0.245. The molecule has 1 fully saturated rings. The third-order valence-corrected chi connectivity index (χ3v) is 7.37. The molecule has 6 aromatic rings. The Morgan fingerprint density at radius 3 is 2.69 bits per heavy atom. The highest BCUT2D eigenvalue weighted by atomic mass is 35.5. The van der Waals surface area contributed by atoms with E-state index in [1.807, 2.05) is 31.2 Å². The first kappa shape index (κ1) is 23.7. The summed E-state index contributed by atoms with van der Waals surface area (Å²) in [5, 5.41) is 14.6. The highest BCUT2D eigenvalue weighted by Crippen LogP contribution is 2.30. The fourth-order valence-electron chi connectivity index (χ4n) is 5.04. The van der Waals surface area contributed by atoms with Crippen LogP contribution in [0.5, 0.6) is 0 Å². The van der Waals surface area contributed by atoms with E-state index in [4.69, 9.17) is 21.9 Å². The maximum absolute atomic E-state index is 14.8. The number of nitrogens with two attached hydrogens (primary N) is 1. The number of nitrogens with zero attached hydrogens (tertiary/aromatic N) is 10. The van der Waals surface area contributed by atoms with Gasteiger partial charge in [-0.3, -0.25) is 9.88 Å². The molecule has 1 aromatic carbocycles. The van der Waals surface area contributed by atoms with Crippen molar-refractivity contribution >= 4 is 50.9 Å². The van der Waals surface area contributed by atoms with Crippen LogP contribution >= 0.6 is 11.6 Å². The van der Waals surface area contributed by atoms with E-state index in [0.717, 1.165) is 24.2 Å². The van der Waals surface area contributed by atoms with Crippen LogP contribution in [0.3, 0.4) is 0 Å². The van der Waals surface area contributed by atoms with Gasteiger partial charge in [0.1, 0.15) is 16.9 Å². The average Bonchev–Trinajstić information content (AvgIpc) is 3.63. The van der Waals surface area contributed by atoms with Crippen LogP contribution < -0.4 is 10.6 Å². The van der Waals surface area contributed by atoms with Crippen molar-refractivity contribution in [2.24, 2.45) is 0 Å². The minimum atomic E-state index is -0.306. The van der Waals surface area contributed by atoms with Crippen LogP contribution in [0.15, 0.2) is 41.1 Å². The van der Waals surface area contributed by atoms with Crippen molar-refractivity contribution in [2.45, 2.75) is 13.5 Å². The van der Waals surface area contributed by atoms with E-state index in [1.54, 1.807) is 10.9 Å². The van der Waals surface area contributed by atoms with Crippen molar-refractivity contribution in [3.63, 3.8) is 0 Å². The number of hydrogen-bond acceptors (Lipinski definition) is 10. The summed E-state index contributed by atoms with van der Waals surface area (Å²) in [6, 6.07) is 8.75. The zero-order valence-electron chi connectivity index (χ0n) is 20.9. The Balaban J connectivity index is 1.09. The number of fused-ring (bicyclic) bond motifs is 4. The highest BCUT2D eigenvalue weighted by molar-refractivity contribution is 6.35. The Morgan fingerprint density at radius 2 is 1.90 bits per heavy atom. The number of halogens is 2. The lowest BCUT2D eigenvalue weighted by atomic mass is 10.1. The van der Waals surface area contributed by atoms with Crippen LogP contribution in [-0.2, 0) is 6.54 Å². The first-order valence-electron chi connectivity index (χ1n) is 12.5. The van der Waals surface area contributed by atoms with Crippen molar-refractivity contribution < 1.29 is 8.91 Å². The van der Waals surface area contributed by atoms with Gasteiger partial charge in [-0.2, -0.15) is 14.6 Å². The summed E-state index contributed by atoms with van der Waals surface area (Å²) in [5.41, 5.74) is 9.66. The molecule has 0 aliphatic carbocycles. The minimum Gasteiger partial charge on any atom is -0.368 e. The molecular weight excluding hydrogens is 525 g/mol. The number of nitrogen functional groups attached to an aromatic ring is 1. The molecule has 1 saturated heterocycles. The van der Waals surface area contributed by atoms with Gasteiger partial charge < -0.3 is 15.2 Å². The maximum atomic E-state index is 14.8. The SMILES string of the molecule is Cc1noc2cc(F)c(N3CCN(CCn4nc(Cl)c5c4nc(N)n4nc(-c6ccccn6)nc54)CC3)cc12. The molecule has 198 valence electrons. The summed E-state index contributed by atoms with van der Waals surface area (Å²) in [6.07, 6.45) is 1.68. The van der Waals surface area contributed by atoms with Crippen molar-refractivity contribution in [1.29, 1.82) is 0 Å². The Labute approximate surface area is 225 Å². The molecule has 5 aromatic heterocycles. The predicted octanol–water partition coefficient (Wildman–Crippen LogP) is 3.18. The fraction of sp³-hybridized carbons (Fsp3) is 0.280. The topological polar surface area (TPSA) is 132 Å². The number of benzene rings is 1. The lowest BCUT2D eigenvalue weighted by Crippen LogP contribution is -2.47. The maximum Gasteiger partial charge on any atom is 0.225 e. The summed E-state index contributed by atoms with van der Waals surface area (Å²) in [4.78, 5) is 17.8. The standard InChI is InChI=1S/C25H23ClFN11O/c1-14-15-12-18(16(27)13-19(15)39-34-14)36-9-6-35(7-10-36)8-11-37-23-20(21(26)32-37)24-30-22(17-4-2-3-5-29-17)33-38(24)25(28)31-23/h2-5,12-13H,6-11H2,1H3,(H2,28,31). The summed E-state index contributed by atoms with van der Waals surface area (Å²) in [7, 11) is 0. The molecular formula is C25H23ClFN11O. The van der Waals surface area contributed by atoms with Crippen molar-refractivity contribution in [3.8, 4) is 11.5 Å². The molecule has 1 aliphatic heterocycles. The zero-order chi connectivity index (χ0) is 26.7. The number of pyridine rings is 1. The zero-order valence-corrected chi connectivity index (χ0v) is 21.7. The highest BCUT2D eigenvalue weighted by Gasteiger charge is 2.23.